The van der Waals surface area contributed by atoms with Crippen molar-refractivity contribution in [1.82, 2.24) is 20.1 Å². The van der Waals surface area contributed by atoms with Gasteiger partial charge in [-0.2, -0.15) is 21.3 Å². The van der Waals surface area contributed by atoms with Crippen molar-refractivity contribution in [2.75, 3.05) is 12.3 Å². The fourth-order valence-electron chi connectivity index (χ4n) is 2.99. The molecule has 4 aromatic rings. The van der Waals surface area contributed by atoms with E-state index < -0.39 is 11.9 Å². The summed E-state index contributed by atoms with van der Waals surface area (Å²) in [6.45, 7) is 3.30. The Hall–Kier alpha value is -3.80. The van der Waals surface area contributed by atoms with Crippen molar-refractivity contribution < 1.29 is 28.0 Å². The lowest BCUT2D eigenvalue weighted by Gasteiger charge is -2.05. The molecule has 0 fully saturated rings. The minimum Gasteiger partial charge on any atom is -0.462 e. The Bertz CT molecular complexity index is 1260. The molecule has 0 aromatic carbocycles. The molecule has 0 amide bonds. The van der Waals surface area contributed by atoms with Crippen molar-refractivity contribution in [3.8, 4) is 11.4 Å². The second-order valence-corrected chi connectivity index (χ2v) is 7.42. The predicted octanol–water partition coefficient (Wildman–Crippen LogP) is 3.08. The molecule has 0 aliphatic heterocycles. The Balaban J connectivity index is 1.37. The molecule has 0 saturated carbocycles. The van der Waals surface area contributed by atoms with Gasteiger partial charge in [0.25, 0.3) is 0 Å². The van der Waals surface area contributed by atoms with Gasteiger partial charge in [-0.25, -0.2) is 9.78 Å². The second kappa shape index (κ2) is 9.14. The second-order valence-electron chi connectivity index (χ2n) is 6.64. The maximum Gasteiger partial charge on any atom is 0.342 e. The molecule has 11 nitrogen and oxygen atoms in total. The van der Waals surface area contributed by atoms with Gasteiger partial charge in [-0.3, -0.25) is 4.79 Å². The molecule has 166 valence electrons. The summed E-state index contributed by atoms with van der Waals surface area (Å²) >= 11 is 1.53. The van der Waals surface area contributed by atoms with Crippen LogP contribution in [0, 0.1) is 6.92 Å². The standard InChI is InChI=1S/C20H19N5O6S/c1-3-28-20(27)15-10(2)30-19-16(15)17(21)22-12(23-19)8-29-14(26)5-4-13-24-18(25-31-13)11-6-7-32-9-11/h6-7,9H,3-5,8H2,1-2H3,(H2,21,22,23). The van der Waals surface area contributed by atoms with Gasteiger partial charge >= 0.3 is 11.9 Å². The van der Waals surface area contributed by atoms with Crippen LogP contribution in [0.3, 0.4) is 0 Å². The van der Waals surface area contributed by atoms with Crippen LogP contribution in [0.4, 0.5) is 5.82 Å². The molecule has 32 heavy (non-hydrogen) atoms. The van der Waals surface area contributed by atoms with E-state index in [4.69, 9.17) is 24.1 Å². The van der Waals surface area contributed by atoms with Gasteiger partial charge < -0.3 is 24.1 Å². The Morgan fingerprint density at radius 3 is 2.81 bits per heavy atom. The number of nitrogens with zero attached hydrogens (tertiary/aromatic N) is 4. The first-order valence-corrected chi connectivity index (χ1v) is 10.6. The highest BCUT2D eigenvalue weighted by Gasteiger charge is 2.24. The van der Waals surface area contributed by atoms with Gasteiger partial charge in [0.1, 0.15) is 17.1 Å². The number of furan rings is 1. The molecule has 0 bridgehead atoms. The third kappa shape index (κ3) is 4.44. The number of esters is 2. The Morgan fingerprint density at radius 1 is 1.22 bits per heavy atom. The first-order valence-electron chi connectivity index (χ1n) is 9.69. The molecule has 0 aliphatic rings. The highest BCUT2D eigenvalue weighted by molar-refractivity contribution is 7.08. The van der Waals surface area contributed by atoms with Crippen LogP contribution in [-0.4, -0.2) is 38.7 Å². The van der Waals surface area contributed by atoms with E-state index in [0.717, 1.165) is 5.56 Å². The van der Waals surface area contributed by atoms with Crippen LogP contribution >= 0.6 is 11.3 Å². The average Bonchev–Trinajstić information content (AvgIpc) is 3.50. The summed E-state index contributed by atoms with van der Waals surface area (Å²) in [7, 11) is 0. The van der Waals surface area contributed by atoms with Crippen molar-refractivity contribution >= 4 is 40.2 Å². The van der Waals surface area contributed by atoms with E-state index in [1.807, 2.05) is 16.8 Å². The molecule has 0 atom stereocenters. The lowest BCUT2D eigenvalue weighted by atomic mass is 10.2. The average molecular weight is 457 g/mol. The van der Waals surface area contributed by atoms with Gasteiger partial charge in [0.15, 0.2) is 12.4 Å². The normalized spacial score (nSPS) is 11.1. The summed E-state index contributed by atoms with van der Waals surface area (Å²) < 4.78 is 20.9. The van der Waals surface area contributed by atoms with Crippen LogP contribution in [0.25, 0.3) is 22.5 Å². The van der Waals surface area contributed by atoms with E-state index in [1.54, 1.807) is 13.8 Å². The predicted molar refractivity (Wildman–Crippen MR) is 113 cm³/mol. The molecule has 0 unspecified atom stereocenters. The summed E-state index contributed by atoms with van der Waals surface area (Å²) in [5.41, 5.74) is 7.17. The molecule has 12 heteroatoms. The van der Waals surface area contributed by atoms with Gasteiger partial charge in [-0.1, -0.05) is 5.16 Å². The molecular formula is C20H19N5O6S. The number of aromatic nitrogens is 4. The number of hydrogen-bond acceptors (Lipinski definition) is 12. The number of nitrogens with two attached hydrogens (primary N) is 1. The summed E-state index contributed by atoms with van der Waals surface area (Å²) in [6.07, 6.45) is 0.272. The van der Waals surface area contributed by atoms with Crippen LogP contribution in [0.5, 0.6) is 0 Å². The van der Waals surface area contributed by atoms with Gasteiger partial charge in [0.2, 0.25) is 17.4 Å². The Labute approximate surface area is 185 Å². The van der Waals surface area contributed by atoms with Crippen molar-refractivity contribution in [3.63, 3.8) is 0 Å². The molecule has 4 heterocycles. The first-order chi connectivity index (χ1) is 15.5. The van der Waals surface area contributed by atoms with Gasteiger partial charge in [-0.05, 0) is 25.3 Å². The molecule has 0 radical (unpaired) electrons. The Morgan fingerprint density at radius 2 is 2.06 bits per heavy atom. The maximum atomic E-state index is 12.2. The van der Waals surface area contributed by atoms with Crippen molar-refractivity contribution in [1.29, 1.82) is 0 Å². The molecule has 0 saturated heterocycles. The van der Waals surface area contributed by atoms with Crippen molar-refractivity contribution in [2.24, 2.45) is 0 Å². The third-order valence-electron chi connectivity index (χ3n) is 4.43. The highest BCUT2D eigenvalue weighted by Crippen LogP contribution is 2.29. The largest absolute Gasteiger partial charge is 0.462 e. The van der Waals surface area contributed by atoms with Crippen LogP contribution < -0.4 is 5.73 Å². The molecule has 4 aromatic heterocycles. The number of anilines is 1. The van der Waals surface area contributed by atoms with Gasteiger partial charge in [0.05, 0.1) is 18.4 Å². The van der Waals surface area contributed by atoms with Crippen LogP contribution in [0.2, 0.25) is 0 Å². The molecule has 4 rings (SSSR count). The zero-order chi connectivity index (χ0) is 22.7. The van der Waals surface area contributed by atoms with E-state index in [2.05, 4.69) is 20.1 Å². The number of thiophene rings is 1. The topological polar surface area (TPSA) is 156 Å². The molecular weight excluding hydrogens is 438 g/mol. The van der Waals surface area contributed by atoms with E-state index in [-0.39, 0.29) is 54.4 Å². The molecule has 2 N–H and O–H groups in total. The lowest BCUT2D eigenvalue weighted by molar-refractivity contribution is -0.145. The number of carbonyl (C=O) groups excluding carboxylic acids is 2. The number of fused-ring (bicyclic) bond motifs is 1. The van der Waals surface area contributed by atoms with Gasteiger partial charge in [-0.15, -0.1) is 0 Å². The fourth-order valence-corrected chi connectivity index (χ4v) is 3.62. The highest BCUT2D eigenvalue weighted by atomic mass is 32.1. The minimum atomic E-state index is -0.568. The number of aryl methyl sites for hydroxylation is 2. The van der Waals surface area contributed by atoms with Gasteiger partial charge in [0, 0.05) is 17.4 Å². The number of carbonyl (C=O) groups is 2. The van der Waals surface area contributed by atoms with E-state index >= 15 is 0 Å². The monoisotopic (exact) mass is 457 g/mol. The minimum absolute atomic E-state index is 0.0350. The number of hydrogen-bond donors (Lipinski definition) is 1. The van der Waals surface area contributed by atoms with Crippen molar-refractivity contribution in [3.05, 3.63) is 39.9 Å². The number of ether oxygens (including phenoxy) is 2. The zero-order valence-electron chi connectivity index (χ0n) is 17.3. The summed E-state index contributed by atoms with van der Waals surface area (Å²) in [6, 6.07) is 1.88. The molecule has 0 spiro atoms. The lowest BCUT2D eigenvalue weighted by Crippen LogP contribution is -2.10. The Kier molecular flexibility index (Phi) is 6.12. The quantitative estimate of drug-likeness (QED) is 0.388. The maximum absolute atomic E-state index is 12.2. The first kappa shape index (κ1) is 21.4. The molecule has 0 aliphatic carbocycles. The van der Waals surface area contributed by atoms with Crippen LogP contribution in [-0.2, 0) is 27.3 Å². The number of rotatable bonds is 8. The number of nitrogen functional groups attached to an aromatic ring is 1. The van der Waals surface area contributed by atoms with E-state index in [1.165, 1.54) is 11.3 Å². The summed E-state index contributed by atoms with van der Waals surface area (Å²) in [5, 5.41) is 7.98. The smallest absolute Gasteiger partial charge is 0.342 e. The van der Waals surface area contributed by atoms with Crippen LogP contribution in [0.15, 0.2) is 25.8 Å². The summed E-state index contributed by atoms with van der Waals surface area (Å²) in [4.78, 5) is 36.9. The zero-order valence-corrected chi connectivity index (χ0v) is 18.1. The fraction of sp³-hybridized carbons (Fsp3) is 0.300. The van der Waals surface area contributed by atoms with E-state index in [9.17, 15) is 9.59 Å². The van der Waals surface area contributed by atoms with Crippen molar-refractivity contribution in [2.45, 2.75) is 33.3 Å². The SMILES string of the molecule is CCOC(=O)c1c(C)oc2nc(COC(=O)CCc3nc(-c4ccsc4)no3)nc(N)c12. The summed E-state index contributed by atoms with van der Waals surface area (Å²) in [5.74, 6) is 0.241. The third-order valence-corrected chi connectivity index (χ3v) is 5.12. The van der Waals surface area contributed by atoms with E-state index in [0.29, 0.717) is 17.5 Å². The van der Waals surface area contributed by atoms with Crippen LogP contribution in [0.1, 0.15) is 41.2 Å².